The van der Waals surface area contributed by atoms with Gasteiger partial charge < -0.3 is 15.4 Å². The van der Waals surface area contributed by atoms with Gasteiger partial charge in [0.1, 0.15) is 12.4 Å². The molecule has 32 heavy (non-hydrogen) atoms. The van der Waals surface area contributed by atoms with Crippen LogP contribution in [0.15, 0.2) is 91.4 Å². The molecule has 6 nitrogen and oxygen atoms in total. The van der Waals surface area contributed by atoms with Crippen molar-refractivity contribution in [3.05, 3.63) is 108 Å². The Balaban J connectivity index is 1.33. The van der Waals surface area contributed by atoms with Crippen LogP contribution in [0.5, 0.6) is 5.75 Å². The highest BCUT2D eigenvalue weighted by Crippen LogP contribution is 2.25. The molecule has 2 aromatic heterocycles. The second-order valence-electron chi connectivity index (χ2n) is 7.01. The number of pyridine rings is 2. The van der Waals surface area contributed by atoms with Crippen LogP contribution in [0, 0.1) is 5.95 Å². The lowest BCUT2D eigenvalue weighted by molar-refractivity contribution is 0.251. The van der Waals surface area contributed by atoms with Gasteiger partial charge in [-0.1, -0.05) is 30.3 Å². The maximum atomic E-state index is 13.5. The molecule has 4 aromatic rings. The number of nitrogens with one attached hydrogen (secondary N) is 2. The summed E-state index contributed by atoms with van der Waals surface area (Å²) < 4.78 is 19.4. The summed E-state index contributed by atoms with van der Waals surface area (Å²) in [6.07, 6.45) is 4.83. The number of hydrogen-bond donors (Lipinski definition) is 2. The topological polar surface area (TPSA) is 76.1 Å². The summed E-state index contributed by atoms with van der Waals surface area (Å²) in [6.45, 7) is 0.708. The number of urea groups is 1. The largest absolute Gasteiger partial charge is 0.489 e. The number of benzene rings is 2. The van der Waals surface area contributed by atoms with Gasteiger partial charge in [0.2, 0.25) is 5.95 Å². The molecule has 2 N–H and O–H groups in total. The van der Waals surface area contributed by atoms with E-state index < -0.39 is 5.95 Å². The molecule has 7 heteroatoms. The quantitative estimate of drug-likeness (QED) is 0.398. The maximum Gasteiger partial charge on any atom is 0.319 e. The molecule has 0 unspecified atom stereocenters. The number of carbonyl (C=O) groups excluding carboxylic acids is 1. The van der Waals surface area contributed by atoms with E-state index in [1.807, 2.05) is 36.4 Å². The zero-order chi connectivity index (χ0) is 22.2. The fourth-order valence-electron chi connectivity index (χ4n) is 3.15. The minimum Gasteiger partial charge on any atom is -0.489 e. The minimum atomic E-state index is -0.522. The SMILES string of the molecule is O=C(NCc1cccnc1)Nc1ccc(OCc2ccccc2-c2ccnc(F)c2)cc1. The van der Waals surface area contributed by atoms with Crippen LogP contribution in [-0.2, 0) is 13.2 Å². The van der Waals surface area contributed by atoms with Crippen LogP contribution in [0.25, 0.3) is 11.1 Å². The van der Waals surface area contributed by atoms with Gasteiger partial charge in [-0.05, 0) is 58.7 Å². The maximum absolute atomic E-state index is 13.5. The molecule has 0 aliphatic rings. The smallest absolute Gasteiger partial charge is 0.319 e. The highest BCUT2D eigenvalue weighted by molar-refractivity contribution is 5.89. The average Bonchev–Trinajstić information content (AvgIpc) is 2.83. The summed E-state index contributed by atoms with van der Waals surface area (Å²) in [4.78, 5) is 19.7. The van der Waals surface area contributed by atoms with Crippen LogP contribution in [0.4, 0.5) is 14.9 Å². The Hall–Kier alpha value is -4.26. The number of anilines is 1. The van der Waals surface area contributed by atoms with Crippen molar-refractivity contribution in [2.45, 2.75) is 13.2 Å². The van der Waals surface area contributed by atoms with Gasteiger partial charge in [0.05, 0.1) is 0 Å². The van der Waals surface area contributed by atoms with Gasteiger partial charge in [-0.2, -0.15) is 4.39 Å². The second-order valence-corrected chi connectivity index (χ2v) is 7.01. The monoisotopic (exact) mass is 428 g/mol. The zero-order valence-corrected chi connectivity index (χ0v) is 17.2. The van der Waals surface area contributed by atoms with Crippen LogP contribution in [-0.4, -0.2) is 16.0 Å². The van der Waals surface area contributed by atoms with Crippen LogP contribution in [0.1, 0.15) is 11.1 Å². The van der Waals surface area contributed by atoms with Crippen LogP contribution in [0.2, 0.25) is 0 Å². The summed E-state index contributed by atoms with van der Waals surface area (Å²) >= 11 is 0. The van der Waals surface area contributed by atoms with E-state index in [0.717, 1.165) is 22.3 Å². The number of hydrogen-bond acceptors (Lipinski definition) is 4. The van der Waals surface area contributed by atoms with Gasteiger partial charge in [0, 0.05) is 36.9 Å². The third kappa shape index (κ3) is 5.66. The van der Waals surface area contributed by atoms with Crippen LogP contribution in [0.3, 0.4) is 0 Å². The third-order valence-corrected chi connectivity index (χ3v) is 4.74. The first kappa shape index (κ1) is 21.0. The van der Waals surface area contributed by atoms with Gasteiger partial charge in [-0.15, -0.1) is 0 Å². The van der Waals surface area contributed by atoms with E-state index in [9.17, 15) is 9.18 Å². The molecule has 0 aliphatic heterocycles. The average molecular weight is 428 g/mol. The molecule has 0 radical (unpaired) electrons. The van der Waals surface area contributed by atoms with Crippen molar-refractivity contribution < 1.29 is 13.9 Å². The number of halogens is 1. The summed E-state index contributed by atoms with van der Waals surface area (Å²) in [6, 6.07) is 21.4. The fraction of sp³-hybridized carbons (Fsp3) is 0.0800. The zero-order valence-electron chi connectivity index (χ0n) is 17.2. The molecule has 4 rings (SSSR count). The molecule has 0 bridgehead atoms. The molecule has 0 spiro atoms. The van der Waals surface area contributed by atoms with Crippen molar-refractivity contribution in [1.29, 1.82) is 0 Å². The van der Waals surface area contributed by atoms with E-state index >= 15 is 0 Å². The van der Waals surface area contributed by atoms with Crippen molar-refractivity contribution in [3.63, 3.8) is 0 Å². The van der Waals surface area contributed by atoms with E-state index in [0.29, 0.717) is 24.6 Å². The molecule has 0 saturated carbocycles. The lowest BCUT2D eigenvalue weighted by Crippen LogP contribution is -2.28. The Morgan fingerprint density at radius 3 is 2.59 bits per heavy atom. The number of rotatable bonds is 7. The minimum absolute atomic E-state index is 0.305. The number of nitrogens with zero attached hydrogens (tertiary/aromatic N) is 2. The molecular formula is C25H21FN4O2. The highest BCUT2D eigenvalue weighted by Gasteiger charge is 2.07. The molecule has 2 amide bonds. The molecule has 0 fully saturated rings. The number of carbonyl (C=O) groups is 1. The second kappa shape index (κ2) is 10.2. The highest BCUT2D eigenvalue weighted by atomic mass is 19.1. The lowest BCUT2D eigenvalue weighted by atomic mass is 10.0. The van der Waals surface area contributed by atoms with E-state index in [4.69, 9.17) is 4.74 Å². The van der Waals surface area contributed by atoms with E-state index in [2.05, 4.69) is 20.6 Å². The van der Waals surface area contributed by atoms with Crippen molar-refractivity contribution >= 4 is 11.7 Å². The molecule has 2 aromatic carbocycles. The third-order valence-electron chi connectivity index (χ3n) is 4.74. The van der Waals surface area contributed by atoms with Crippen molar-refractivity contribution in [3.8, 4) is 16.9 Å². The van der Waals surface area contributed by atoms with Gasteiger partial charge in [0.15, 0.2) is 0 Å². The first-order valence-corrected chi connectivity index (χ1v) is 10.0. The Kier molecular flexibility index (Phi) is 6.67. The van der Waals surface area contributed by atoms with Gasteiger partial charge in [-0.3, -0.25) is 4.98 Å². The summed E-state index contributed by atoms with van der Waals surface area (Å²) in [5.41, 5.74) is 4.12. The number of aromatic nitrogens is 2. The first-order chi connectivity index (χ1) is 15.7. The van der Waals surface area contributed by atoms with Gasteiger partial charge >= 0.3 is 6.03 Å². The van der Waals surface area contributed by atoms with E-state index in [1.165, 1.54) is 12.3 Å². The molecule has 0 atom stereocenters. The Morgan fingerprint density at radius 2 is 1.81 bits per heavy atom. The van der Waals surface area contributed by atoms with E-state index in [1.54, 1.807) is 42.7 Å². The van der Waals surface area contributed by atoms with E-state index in [-0.39, 0.29) is 6.03 Å². The van der Waals surface area contributed by atoms with Crippen LogP contribution < -0.4 is 15.4 Å². The molecule has 160 valence electrons. The lowest BCUT2D eigenvalue weighted by Gasteiger charge is -2.12. The number of amides is 2. The Morgan fingerprint density at radius 1 is 0.969 bits per heavy atom. The van der Waals surface area contributed by atoms with Crippen LogP contribution >= 0.6 is 0 Å². The van der Waals surface area contributed by atoms with Crippen molar-refractivity contribution in [2.75, 3.05) is 5.32 Å². The molecule has 2 heterocycles. The van der Waals surface area contributed by atoms with Crippen molar-refractivity contribution in [1.82, 2.24) is 15.3 Å². The molecule has 0 saturated heterocycles. The standard InChI is InChI=1S/C25H21FN4O2/c26-24-14-19(11-13-28-24)23-6-2-1-5-20(23)17-32-22-9-7-21(8-10-22)30-25(31)29-16-18-4-3-12-27-15-18/h1-15H,16-17H2,(H2,29,30,31). The predicted octanol–water partition coefficient (Wildman–Crippen LogP) is 5.18. The molecule has 0 aliphatic carbocycles. The number of ether oxygens (including phenoxy) is 1. The normalized spacial score (nSPS) is 10.4. The van der Waals surface area contributed by atoms with Crippen molar-refractivity contribution in [2.24, 2.45) is 0 Å². The first-order valence-electron chi connectivity index (χ1n) is 10.0. The van der Waals surface area contributed by atoms with Gasteiger partial charge in [0.25, 0.3) is 0 Å². The summed E-state index contributed by atoms with van der Waals surface area (Å²) in [7, 11) is 0. The summed E-state index contributed by atoms with van der Waals surface area (Å²) in [5.74, 6) is 0.132. The Bertz CT molecular complexity index is 1180. The summed E-state index contributed by atoms with van der Waals surface area (Å²) in [5, 5.41) is 5.56. The Labute approximate surface area is 185 Å². The molecular weight excluding hydrogens is 407 g/mol. The van der Waals surface area contributed by atoms with Gasteiger partial charge in [-0.25, -0.2) is 9.78 Å². The fourth-order valence-corrected chi connectivity index (χ4v) is 3.15. The predicted molar refractivity (Wildman–Crippen MR) is 121 cm³/mol.